The minimum absolute atomic E-state index is 0.0619. The van der Waals surface area contributed by atoms with Crippen molar-refractivity contribution in [3.8, 4) is 40.5 Å². The van der Waals surface area contributed by atoms with E-state index in [1.54, 1.807) is 49.8 Å². The van der Waals surface area contributed by atoms with Crippen LogP contribution in [0.1, 0.15) is 57.9 Å². The summed E-state index contributed by atoms with van der Waals surface area (Å²) in [6.45, 7) is 10.2. The summed E-state index contributed by atoms with van der Waals surface area (Å²) in [6.07, 6.45) is 2.12. The molecule has 0 fully saturated rings. The highest BCUT2D eigenvalue weighted by Crippen LogP contribution is 2.37. The standard InChI is InChI=1S/C24H16ClN5O2S.C9H18N2O4S.C4H10/c1-31-18-8-4-14(5-9-18)21-19(10-26)22(28)30-24(20(21)11-27)33-13-17-12-32-23(29-17)15-2-6-16(25)7-3-15;1-6(2)3-7(11)9(13)14-5-16-15-8(12)4-10;1-4(2)3/h2-9,12H,13H2,1H3,(H2,28,30);6-7H,3-5,10-11H2,1-2H3;4H,1-3H3/t;7-;/m.0./s1. The second-order valence-corrected chi connectivity index (χ2v) is 14.2. The van der Waals surface area contributed by atoms with Gasteiger partial charge in [-0.15, -0.1) is 0 Å². The zero-order valence-electron chi connectivity index (χ0n) is 30.4. The Bertz CT molecular complexity index is 1850. The van der Waals surface area contributed by atoms with Crippen LogP contribution in [0.15, 0.2) is 64.2 Å². The van der Waals surface area contributed by atoms with E-state index in [2.05, 4.69) is 47.1 Å². The number of carbonyl (C=O) groups is 2. The van der Waals surface area contributed by atoms with Crippen LogP contribution in [0.2, 0.25) is 5.02 Å². The Morgan fingerprint density at radius 2 is 1.57 bits per heavy atom. The fourth-order valence-corrected chi connectivity index (χ4v) is 5.52. The van der Waals surface area contributed by atoms with Crippen molar-refractivity contribution >= 4 is 53.2 Å². The van der Waals surface area contributed by atoms with Gasteiger partial charge in [-0.1, -0.05) is 70.1 Å². The summed E-state index contributed by atoms with van der Waals surface area (Å²) in [6, 6.07) is 17.9. The van der Waals surface area contributed by atoms with Crippen molar-refractivity contribution in [2.45, 2.75) is 57.9 Å². The maximum absolute atomic E-state index is 11.3. The molecule has 0 aliphatic carbocycles. The molecule has 2 aromatic carbocycles. The van der Waals surface area contributed by atoms with Gasteiger partial charge in [-0.3, -0.25) is 4.79 Å². The number of halogens is 1. The first-order valence-corrected chi connectivity index (χ1v) is 18.6. The van der Waals surface area contributed by atoms with Crippen molar-refractivity contribution < 1.29 is 27.7 Å². The molecule has 53 heavy (non-hydrogen) atoms. The number of oxazole rings is 1. The van der Waals surface area contributed by atoms with E-state index in [9.17, 15) is 20.1 Å². The number of nitrogen functional groups attached to an aromatic ring is 1. The number of hydrogen-bond donors (Lipinski definition) is 3. The van der Waals surface area contributed by atoms with Crippen LogP contribution in [0, 0.1) is 34.5 Å². The predicted molar refractivity (Wildman–Crippen MR) is 208 cm³/mol. The third kappa shape index (κ3) is 15.0. The van der Waals surface area contributed by atoms with Gasteiger partial charge in [-0.2, -0.15) is 10.5 Å². The molecule has 0 amide bonds. The molecule has 0 aliphatic rings. The van der Waals surface area contributed by atoms with Crippen LogP contribution < -0.4 is 21.9 Å². The van der Waals surface area contributed by atoms with Gasteiger partial charge < -0.3 is 35.3 Å². The lowest BCUT2D eigenvalue weighted by atomic mass is 9.97. The van der Waals surface area contributed by atoms with Gasteiger partial charge in [0.05, 0.1) is 24.9 Å². The van der Waals surface area contributed by atoms with Crippen LogP contribution in [0.25, 0.3) is 22.6 Å². The number of carbonyl (C=O) groups excluding carboxylic acids is 2. The Labute approximate surface area is 323 Å². The smallest absolute Gasteiger partial charge is 0.331 e. The molecule has 2 aromatic heterocycles. The number of nitrogens with two attached hydrogens (primary N) is 3. The third-order valence-corrected chi connectivity index (χ3v) is 8.17. The first kappa shape index (κ1) is 44.4. The molecule has 0 aliphatic heterocycles. The Morgan fingerprint density at radius 3 is 2.11 bits per heavy atom. The molecule has 282 valence electrons. The number of pyridine rings is 1. The molecule has 13 nitrogen and oxygen atoms in total. The van der Waals surface area contributed by atoms with Gasteiger partial charge in [0.2, 0.25) is 5.89 Å². The second-order valence-electron chi connectivity index (χ2n) is 12.1. The highest BCUT2D eigenvalue weighted by Gasteiger charge is 2.21. The van der Waals surface area contributed by atoms with Crippen LogP contribution in [0.5, 0.6) is 5.75 Å². The summed E-state index contributed by atoms with van der Waals surface area (Å²) < 4.78 is 20.1. The lowest BCUT2D eigenvalue weighted by Gasteiger charge is -2.13. The Balaban J connectivity index is 0.000000408. The van der Waals surface area contributed by atoms with Crippen LogP contribution in [-0.2, 0) is 24.3 Å². The van der Waals surface area contributed by atoms with E-state index in [0.717, 1.165) is 23.5 Å². The maximum Gasteiger partial charge on any atom is 0.331 e. The van der Waals surface area contributed by atoms with Crippen LogP contribution in [-0.4, -0.2) is 47.5 Å². The molecule has 0 saturated carbocycles. The number of ether oxygens (including phenoxy) is 2. The van der Waals surface area contributed by atoms with Crippen molar-refractivity contribution in [2.24, 2.45) is 23.3 Å². The topological polar surface area (TPSA) is 226 Å². The number of benzene rings is 2. The van der Waals surface area contributed by atoms with Gasteiger partial charge in [0.25, 0.3) is 0 Å². The molecule has 6 N–H and O–H groups in total. The third-order valence-electron chi connectivity index (χ3n) is 6.39. The molecule has 0 saturated heterocycles. The minimum atomic E-state index is -0.634. The highest BCUT2D eigenvalue weighted by atomic mass is 35.5. The molecule has 16 heteroatoms. The van der Waals surface area contributed by atoms with Crippen LogP contribution >= 0.6 is 35.4 Å². The van der Waals surface area contributed by atoms with E-state index in [-0.39, 0.29) is 29.4 Å². The van der Waals surface area contributed by atoms with Crippen molar-refractivity contribution in [1.29, 1.82) is 10.5 Å². The second kappa shape index (κ2) is 23.0. The predicted octanol–water partition coefficient (Wildman–Crippen LogP) is 7.36. The summed E-state index contributed by atoms with van der Waals surface area (Å²) in [5.41, 5.74) is 19.7. The summed E-state index contributed by atoms with van der Waals surface area (Å²) >= 11 is 7.95. The molecule has 0 unspecified atom stereocenters. The average Bonchev–Trinajstić information content (AvgIpc) is 3.61. The molecular weight excluding hydrogens is 738 g/mol. The summed E-state index contributed by atoms with van der Waals surface area (Å²) in [5.74, 6) is 1.61. The largest absolute Gasteiger partial charge is 0.497 e. The number of anilines is 1. The van der Waals surface area contributed by atoms with E-state index in [1.807, 2.05) is 26.0 Å². The first-order valence-electron chi connectivity index (χ1n) is 16.3. The Hall–Kier alpha value is -4.77. The van der Waals surface area contributed by atoms with Gasteiger partial charge in [0.15, 0.2) is 5.94 Å². The molecule has 1 atom stereocenters. The molecule has 0 radical (unpaired) electrons. The number of rotatable bonds is 13. The highest BCUT2D eigenvalue weighted by molar-refractivity contribution is 7.98. The van der Waals surface area contributed by atoms with Crippen molar-refractivity contribution in [1.82, 2.24) is 9.97 Å². The van der Waals surface area contributed by atoms with Gasteiger partial charge in [-0.25, -0.2) is 14.8 Å². The summed E-state index contributed by atoms with van der Waals surface area (Å²) in [4.78, 5) is 30.7. The Morgan fingerprint density at radius 1 is 0.962 bits per heavy atom. The van der Waals surface area contributed by atoms with E-state index in [0.29, 0.717) is 56.6 Å². The average molecular weight is 782 g/mol. The lowest BCUT2D eigenvalue weighted by molar-refractivity contribution is -0.143. The van der Waals surface area contributed by atoms with Crippen molar-refractivity contribution in [3.63, 3.8) is 0 Å². The number of thioether (sulfide) groups is 1. The van der Waals surface area contributed by atoms with Crippen molar-refractivity contribution in [3.05, 3.63) is 76.6 Å². The number of methoxy groups -OCH3 is 1. The monoisotopic (exact) mass is 781 g/mol. The van der Waals surface area contributed by atoms with Crippen molar-refractivity contribution in [2.75, 3.05) is 25.3 Å². The van der Waals surface area contributed by atoms with E-state index < -0.39 is 18.0 Å². The fourth-order valence-electron chi connectivity index (χ4n) is 4.11. The zero-order chi connectivity index (χ0) is 39.5. The fraction of sp³-hybridized carbons (Fsp3) is 0.351. The van der Waals surface area contributed by atoms with Gasteiger partial charge in [0.1, 0.15) is 58.6 Å². The number of nitrogens with zero attached hydrogens (tertiary/aromatic N) is 4. The van der Waals surface area contributed by atoms with Gasteiger partial charge >= 0.3 is 11.9 Å². The molecule has 4 rings (SSSR count). The van der Waals surface area contributed by atoms with E-state index in [1.165, 1.54) is 11.8 Å². The molecule has 0 bridgehead atoms. The van der Waals surface area contributed by atoms with E-state index >= 15 is 0 Å². The van der Waals surface area contributed by atoms with Crippen LogP contribution in [0.4, 0.5) is 5.82 Å². The molecular formula is C37H44ClN7O6S2. The number of esters is 1. The molecule has 4 aromatic rings. The summed E-state index contributed by atoms with van der Waals surface area (Å²) in [7, 11) is 1.57. The summed E-state index contributed by atoms with van der Waals surface area (Å²) in [5, 5.41) is 20.6. The minimum Gasteiger partial charge on any atom is -0.497 e. The molecule has 0 spiro atoms. The normalized spacial score (nSPS) is 10.9. The SMILES string of the molecule is CC(C)C.CC(C)C[C@H](N)C(=O)OCSOC(=O)CN.COc1ccc(-c2c(C#N)c(N)nc(SCc3coc(-c4ccc(Cl)cc4)n3)c2C#N)cc1. The van der Waals surface area contributed by atoms with E-state index in [4.69, 9.17) is 42.7 Å². The first-order chi connectivity index (χ1) is 25.2. The maximum atomic E-state index is 11.3. The lowest BCUT2D eigenvalue weighted by Crippen LogP contribution is -2.33. The quantitative estimate of drug-likeness (QED) is 0.0396. The number of nitriles is 2. The zero-order valence-corrected chi connectivity index (χ0v) is 32.8. The number of aromatic nitrogens is 2. The number of hydrogen-bond acceptors (Lipinski definition) is 15. The van der Waals surface area contributed by atoms with Gasteiger partial charge in [-0.05, 0) is 60.2 Å². The van der Waals surface area contributed by atoms with Crippen LogP contribution in [0.3, 0.4) is 0 Å². The Kier molecular flexibility index (Phi) is 19.3. The van der Waals surface area contributed by atoms with Gasteiger partial charge in [0, 0.05) is 21.9 Å². The molecule has 2 heterocycles.